The summed E-state index contributed by atoms with van der Waals surface area (Å²) < 4.78 is 17.7. The normalized spacial score (nSPS) is 15.5. The van der Waals surface area contributed by atoms with Crippen molar-refractivity contribution in [3.8, 4) is 17.2 Å². The molecule has 33 heavy (non-hydrogen) atoms. The van der Waals surface area contributed by atoms with E-state index in [0.29, 0.717) is 25.3 Å². The Bertz CT molecular complexity index is 1140. The Kier molecular flexibility index (Phi) is 6.51. The van der Waals surface area contributed by atoms with Crippen LogP contribution in [0.25, 0.3) is 0 Å². The summed E-state index contributed by atoms with van der Waals surface area (Å²) in [4.78, 5) is 17.4. The predicted octanol–water partition coefficient (Wildman–Crippen LogP) is 4.71. The van der Waals surface area contributed by atoms with Crippen LogP contribution in [-0.4, -0.2) is 48.7 Å². The molecule has 0 saturated carbocycles. The number of hydrogen-bond acceptors (Lipinski definition) is 5. The summed E-state index contributed by atoms with van der Waals surface area (Å²) in [6, 6.07) is 21.5. The number of carbonyl (C=O) groups is 1. The number of carbonyl (C=O) groups excluding carboxylic acids is 1. The molecule has 2 aliphatic heterocycles. The first-order valence-corrected chi connectivity index (χ1v) is 11.8. The summed E-state index contributed by atoms with van der Waals surface area (Å²) in [7, 11) is 0. The number of nitrogens with zero attached hydrogens (tertiary/aromatic N) is 2. The Morgan fingerprint density at radius 1 is 0.879 bits per heavy atom. The smallest absolute Gasteiger partial charge is 0.253 e. The second-order valence-corrected chi connectivity index (χ2v) is 9.12. The molecule has 0 spiro atoms. The molecular weight excluding hydrogens is 484 g/mol. The van der Waals surface area contributed by atoms with Crippen molar-refractivity contribution in [2.75, 3.05) is 33.0 Å². The molecule has 0 bridgehead atoms. The number of amides is 1. The van der Waals surface area contributed by atoms with E-state index in [9.17, 15) is 4.79 Å². The van der Waals surface area contributed by atoms with Gasteiger partial charge in [0.1, 0.15) is 12.4 Å². The lowest BCUT2D eigenvalue weighted by atomic mass is 10.1. The zero-order valence-electron chi connectivity index (χ0n) is 18.2. The van der Waals surface area contributed by atoms with Crippen molar-refractivity contribution in [2.24, 2.45) is 0 Å². The third-order valence-electron chi connectivity index (χ3n) is 5.88. The monoisotopic (exact) mass is 508 g/mol. The van der Waals surface area contributed by atoms with Gasteiger partial charge in [-0.1, -0.05) is 40.2 Å². The quantitative estimate of drug-likeness (QED) is 0.482. The van der Waals surface area contributed by atoms with Crippen LogP contribution in [0.2, 0.25) is 0 Å². The fourth-order valence-corrected chi connectivity index (χ4v) is 4.48. The van der Waals surface area contributed by atoms with Gasteiger partial charge in [-0.2, -0.15) is 0 Å². The number of piperazine rings is 1. The van der Waals surface area contributed by atoms with Crippen LogP contribution in [0.1, 0.15) is 21.5 Å². The van der Waals surface area contributed by atoms with Crippen LogP contribution >= 0.6 is 15.9 Å². The van der Waals surface area contributed by atoms with Crippen LogP contribution in [0.5, 0.6) is 17.2 Å². The van der Waals surface area contributed by atoms with E-state index in [1.165, 1.54) is 5.56 Å². The first-order valence-electron chi connectivity index (χ1n) is 11.0. The van der Waals surface area contributed by atoms with Crippen molar-refractivity contribution in [2.45, 2.75) is 13.2 Å². The van der Waals surface area contributed by atoms with E-state index in [1.54, 1.807) is 0 Å². The predicted molar refractivity (Wildman–Crippen MR) is 129 cm³/mol. The van der Waals surface area contributed by atoms with Crippen molar-refractivity contribution in [1.82, 2.24) is 9.80 Å². The van der Waals surface area contributed by atoms with Gasteiger partial charge in [0.2, 0.25) is 6.79 Å². The molecule has 2 aliphatic rings. The molecule has 0 aromatic heterocycles. The van der Waals surface area contributed by atoms with Crippen molar-refractivity contribution in [3.63, 3.8) is 0 Å². The molecule has 3 aromatic carbocycles. The number of hydrogen-bond donors (Lipinski definition) is 0. The summed E-state index contributed by atoms with van der Waals surface area (Å²) in [6.07, 6.45) is 0. The highest BCUT2D eigenvalue weighted by Crippen LogP contribution is 2.33. The lowest BCUT2D eigenvalue weighted by Crippen LogP contribution is -2.48. The topological polar surface area (TPSA) is 51.2 Å². The maximum absolute atomic E-state index is 13.1. The Labute approximate surface area is 201 Å². The highest BCUT2D eigenvalue weighted by molar-refractivity contribution is 9.10. The summed E-state index contributed by atoms with van der Waals surface area (Å²) in [5.74, 6) is 2.48. The van der Waals surface area contributed by atoms with Crippen molar-refractivity contribution >= 4 is 21.8 Å². The molecule has 3 aromatic rings. The van der Waals surface area contributed by atoms with Gasteiger partial charge in [-0.3, -0.25) is 9.69 Å². The molecule has 0 aliphatic carbocycles. The SMILES string of the molecule is O=C(c1cccc(COc2cccc(Br)c2)c1)N1CCN(Cc2ccc3c(c2)OCO3)CC1. The van der Waals surface area contributed by atoms with Crippen LogP contribution in [0.3, 0.4) is 0 Å². The van der Waals surface area contributed by atoms with Gasteiger partial charge in [-0.15, -0.1) is 0 Å². The van der Waals surface area contributed by atoms with E-state index < -0.39 is 0 Å². The summed E-state index contributed by atoms with van der Waals surface area (Å²) in [5, 5.41) is 0. The molecule has 0 unspecified atom stereocenters. The minimum Gasteiger partial charge on any atom is -0.489 e. The average molecular weight is 509 g/mol. The molecule has 7 heteroatoms. The molecule has 170 valence electrons. The second kappa shape index (κ2) is 9.85. The zero-order chi connectivity index (χ0) is 22.6. The minimum absolute atomic E-state index is 0.0713. The van der Waals surface area contributed by atoms with Crippen LogP contribution in [-0.2, 0) is 13.2 Å². The third-order valence-corrected chi connectivity index (χ3v) is 6.37. The van der Waals surface area contributed by atoms with Crippen molar-refractivity contribution < 1.29 is 19.0 Å². The fraction of sp³-hybridized carbons (Fsp3) is 0.269. The van der Waals surface area contributed by atoms with Gasteiger partial charge in [0, 0.05) is 42.8 Å². The van der Waals surface area contributed by atoms with Gasteiger partial charge in [-0.05, 0) is 53.6 Å². The van der Waals surface area contributed by atoms with E-state index >= 15 is 0 Å². The number of halogens is 1. The maximum Gasteiger partial charge on any atom is 0.253 e. The van der Waals surface area contributed by atoms with Gasteiger partial charge < -0.3 is 19.1 Å². The zero-order valence-corrected chi connectivity index (χ0v) is 19.8. The van der Waals surface area contributed by atoms with Gasteiger partial charge in [0.15, 0.2) is 11.5 Å². The van der Waals surface area contributed by atoms with Crippen LogP contribution in [0.15, 0.2) is 71.2 Å². The minimum atomic E-state index is 0.0713. The molecular formula is C26H25BrN2O4. The molecule has 6 nitrogen and oxygen atoms in total. The van der Waals surface area contributed by atoms with Gasteiger partial charge in [0.05, 0.1) is 0 Å². The van der Waals surface area contributed by atoms with E-state index in [4.69, 9.17) is 14.2 Å². The number of rotatable bonds is 6. The molecule has 2 heterocycles. The molecule has 1 amide bonds. The molecule has 0 radical (unpaired) electrons. The fourth-order valence-electron chi connectivity index (χ4n) is 4.11. The van der Waals surface area contributed by atoms with Crippen molar-refractivity contribution in [3.05, 3.63) is 87.9 Å². The third kappa shape index (κ3) is 5.31. The Hall–Kier alpha value is -3.03. The number of benzene rings is 3. The van der Waals surface area contributed by atoms with E-state index in [0.717, 1.165) is 46.9 Å². The Morgan fingerprint density at radius 3 is 2.55 bits per heavy atom. The largest absolute Gasteiger partial charge is 0.489 e. The van der Waals surface area contributed by atoms with Crippen LogP contribution < -0.4 is 14.2 Å². The van der Waals surface area contributed by atoms with Crippen LogP contribution in [0.4, 0.5) is 0 Å². The van der Waals surface area contributed by atoms with E-state index in [-0.39, 0.29) is 12.7 Å². The van der Waals surface area contributed by atoms with Gasteiger partial charge in [-0.25, -0.2) is 0 Å². The highest BCUT2D eigenvalue weighted by Gasteiger charge is 2.23. The van der Waals surface area contributed by atoms with Crippen LogP contribution in [0, 0.1) is 0 Å². The lowest BCUT2D eigenvalue weighted by molar-refractivity contribution is 0.0628. The standard InChI is InChI=1S/C26H25BrN2O4/c27-22-5-2-6-23(15-22)31-17-20-3-1-4-21(13-20)26(30)29-11-9-28(10-12-29)16-19-7-8-24-25(14-19)33-18-32-24/h1-8,13-15H,9-12,16-18H2. The Morgan fingerprint density at radius 2 is 1.70 bits per heavy atom. The lowest BCUT2D eigenvalue weighted by Gasteiger charge is -2.34. The molecule has 0 N–H and O–H groups in total. The second-order valence-electron chi connectivity index (χ2n) is 8.20. The summed E-state index contributed by atoms with van der Waals surface area (Å²) in [5.41, 5.74) is 2.87. The Balaban J connectivity index is 1.15. The molecule has 1 saturated heterocycles. The van der Waals surface area contributed by atoms with Crippen molar-refractivity contribution in [1.29, 1.82) is 0 Å². The van der Waals surface area contributed by atoms with Gasteiger partial charge in [0.25, 0.3) is 5.91 Å². The molecule has 0 atom stereocenters. The highest BCUT2D eigenvalue weighted by atomic mass is 79.9. The van der Waals surface area contributed by atoms with Gasteiger partial charge >= 0.3 is 0 Å². The maximum atomic E-state index is 13.1. The first kappa shape index (κ1) is 21.8. The molecule has 1 fully saturated rings. The first-order chi connectivity index (χ1) is 16.1. The number of fused-ring (bicyclic) bond motifs is 1. The van der Waals surface area contributed by atoms with E-state index in [1.807, 2.05) is 65.6 Å². The summed E-state index contributed by atoms with van der Waals surface area (Å²) in [6.45, 7) is 4.64. The molecule has 5 rings (SSSR count). The average Bonchev–Trinajstić information content (AvgIpc) is 3.31. The number of ether oxygens (including phenoxy) is 3. The summed E-state index contributed by atoms with van der Waals surface area (Å²) >= 11 is 3.45. The van der Waals surface area contributed by atoms with E-state index in [2.05, 4.69) is 26.9 Å².